The molecule has 0 saturated heterocycles. The second-order valence-electron chi connectivity index (χ2n) is 3.65. The SMILES string of the molecule is O=C(O)CN1CC(=O)Nc2ccccc2C1=O. The Hall–Kier alpha value is -2.37. The number of rotatable bonds is 2. The van der Waals surface area contributed by atoms with Crippen LogP contribution in [-0.4, -0.2) is 40.9 Å². The second kappa shape index (κ2) is 4.25. The van der Waals surface area contributed by atoms with Crippen molar-refractivity contribution in [3.05, 3.63) is 29.8 Å². The van der Waals surface area contributed by atoms with Crippen molar-refractivity contribution in [1.82, 2.24) is 4.90 Å². The summed E-state index contributed by atoms with van der Waals surface area (Å²) in [6.45, 7) is -0.736. The topological polar surface area (TPSA) is 86.7 Å². The highest BCUT2D eigenvalue weighted by molar-refractivity contribution is 6.09. The number of anilines is 1. The van der Waals surface area contributed by atoms with E-state index in [2.05, 4.69) is 5.32 Å². The molecule has 1 aliphatic rings. The van der Waals surface area contributed by atoms with Crippen molar-refractivity contribution in [3.63, 3.8) is 0 Å². The maximum atomic E-state index is 12.0. The van der Waals surface area contributed by atoms with Crippen molar-refractivity contribution in [2.24, 2.45) is 0 Å². The number of carbonyl (C=O) groups is 3. The van der Waals surface area contributed by atoms with Gasteiger partial charge in [0.05, 0.1) is 11.3 Å². The van der Waals surface area contributed by atoms with Crippen LogP contribution in [-0.2, 0) is 9.59 Å². The van der Waals surface area contributed by atoms with Crippen LogP contribution in [0.5, 0.6) is 0 Å². The van der Waals surface area contributed by atoms with Crippen LogP contribution >= 0.6 is 0 Å². The Bertz CT molecular complexity index is 498. The molecule has 0 spiro atoms. The van der Waals surface area contributed by atoms with E-state index in [-0.39, 0.29) is 6.54 Å². The molecule has 0 radical (unpaired) electrons. The molecule has 0 fully saturated rings. The molecule has 6 nitrogen and oxygen atoms in total. The van der Waals surface area contributed by atoms with Crippen LogP contribution in [0.3, 0.4) is 0 Å². The highest BCUT2D eigenvalue weighted by atomic mass is 16.4. The molecule has 0 aliphatic carbocycles. The number of fused-ring (bicyclic) bond motifs is 1. The number of carbonyl (C=O) groups excluding carboxylic acids is 2. The third kappa shape index (κ3) is 2.25. The minimum atomic E-state index is -1.15. The first-order valence-corrected chi connectivity index (χ1v) is 4.98. The van der Waals surface area contributed by atoms with Gasteiger partial charge < -0.3 is 15.3 Å². The van der Waals surface area contributed by atoms with Crippen LogP contribution in [0.2, 0.25) is 0 Å². The number of carboxylic acids is 1. The summed E-state index contributed by atoms with van der Waals surface area (Å²) in [6, 6.07) is 6.51. The molecule has 2 rings (SSSR count). The second-order valence-corrected chi connectivity index (χ2v) is 3.65. The first-order chi connectivity index (χ1) is 8.08. The van der Waals surface area contributed by atoms with Crippen LogP contribution in [0.15, 0.2) is 24.3 Å². The first kappa shape index (κ1) is 11.1. The average molecular weight is 234 g/mol. The third-order valence-corrected chi connectivity index (χ3v) is 2.38. The first-order valence-electron chi connectivity index (χ1n) is 4.98. The molecule has 1 aliphatic heterocycles. The predicted molar refractivity (Wildman–Crippen MR) is 58.6 cm³/mol. The smallest absolute Gasteiger partial charge is 0.323 e. The van der Waals surface area contributed by atoms with E-state index in [0.717, 1.165) is 4.90 Å². The molecule has 0 saturated carbocycles. The van der Waals surface area contributed by atoms with Crippen molar-refractivity contribution in [2.75, 3.05) is 18.4 Å². The Balaban J connectivity index is 2.39. The Morgan fingerprint density at radius 2 is 2.06 bits per heavy atom. The van der Waals surface area contributed by atoms with Crippen molar-refractivity contribution < 1.29 is 19.5 Å². The van der Waals surface area contributed by atoms with Gasteiger partial charge in [0.25, 0.3) is 5.91 Å². The molecular formula is C11H10N2O4. The van der Waals surface area contributed by atoms with E-state index in [1.807, 2.05) is 0 Å². The molecule has 1 heterocycles. The van der Waals surface area contributed by atoms with Crippen molar-refractivity contribution >= 4 is 23.5 Å². The maximum Gasteiger partial charge on any atom is 0.323 e. The fourth-order valence-corrected chi connectivity index (χ4v) is 1.67. The monoisotopic (exact) mass is 234 g/mol. The molecule has 88 valence electrons. The lowest BCUT2D eigenvalue weighted by atomic mass is 10.1. The van der Waals surface area contributed by atoms with E-state index < -0.39 is 24.3 Å². The minimum Gasteiger partial charge on any atom is -0.480 e. The lowest BCUT2D eigenvalue weighted by Crippen LogP contribution is -2.38. The zero-order chi connectivity index (χ0) is 12.4. The molecule has 1 aromatic rings. The molecule has 0 bridgehead atoms. The largest absolute Gasteiger partial charge is 0.480 e. The van der Waals surface area contributed by atoms with Crippen molar-refractivity contribution in [3.8, 4) is 0 Å². The normalized spacial score (nSPS) is 14.9. The number of nitrogens with one attached hydrogen (secondary N) is 1. The molecule has 0 unspecified atom stereocenters. The van der Waals surface area contributed by atoms with E-state index in [1.54, 1.807) is 24.3 Å². The van der Waals surface area contributed by atoms with Gasteiger partial charge in [0.1, 0.15) is 13.1 Å². The number of hydrogen-bond acceptors (Lipinski definition) is 3. The Morgan fingerprint density at radius 3 is 2.76 bits per heavy atom. The highest BCUT2D eigenvalue weighted by Crippen LogP contribution is 2.19. The fourth-order valence-electron chi connectivity index (χ4n) is 1.67. The van der Waals surface area contributed by atoms with Gasteiger partial charge in [-0.05, 0) is 12.1 Å². The van der Waals surface area contributed by atoms with Gasteiger partial charge in [-0.1, -0.05) is 12.1 Å². The molecule has 2 amide bonds. The molecular weight excluding hydrogens is 224 g/mol. The van der Waals surface area contributed by atoms with Crippen LogP contribution < -0.4 is 5.32 Å². The number of para-hydroxylation sites is 1. The van der Waals surface area contributed by atoms with Crippen LogP contribution in [0.1, 0.15) is 10.4 Å². The summed E-state index contributed by atoms with van der Waals surface area (Å²) < 4.78 is 0. The predicted octanol–water partition coefficient (Wildman–Crippen LogP) is 0.165. The lowest BCUT2D eigenvalue weighted by Gasteiger charge is -2.16. The van der Waals surface area contributed by atoms with Gasteiger partial charge in [-0.2, -0.15) is 0 Å². The molecule has 17 heavy (non-hydrogen) atoms. The third-order valence-electron chi connectivity index (χ3n) is 2.38. The summed E-state index contributed by atoms with van der Waals surface area (Å²) in [5.74, 6) is -2.00. The van der Waals surface area contributed by atoms with Gasteiger partial charge in [-0.15, -0.1) is 0 Å². The number of hydrogen-bond donors (Lipinski definition) is 2. The van der Waals surface area contributed by atoms with E-state index >= 15 is 0 Å². The Morgan fingerprint density at radius 1 is 1.35 bits per heavy atom. The quantitative estimate of drug-likeness (QED) is 0.763. The molecule has 0 aromatic heterocycles. The summed E-state index contributed by atoms with van der Waals surface area (Å²) in [6.07, 6.45) is 0. The summed E-state index contributed by atoms with van der Waals surface area (Å²) in [5, 5.41) is 11.2. The van der Waals surface area contributed by atoms with Crippen LogP contribution in [0, 0.1) is 0 Å². The molecule has 6 heteroatoms. The lowest BCUT2D eigenvalue weighted by molar-refractivity contribution is -0.137. The van der Waals surface area contributed by atoms with Crippen LogP contribution in [0.4, 0.5) is 5.69 Å². The van der Waals surface area contributed by atoms with Gasteiger partial charge in [0.2, 0.25) is 5.91 Å². The average Bonchev–Trinajstić information content (AvgIpc) is 2.37. The summed E-state index contributed by atoms with van der Waals surface area (Å²) in [4.78, 5) is 35.1. The van der Waals surface area contributed by atoms with Gasteiger partial charge in [-0.3, -0.25) is 14.4 Å². The fraction of sp³-hybridized carbons (Fsp3) is 0.182. The van der Waals surface area contributed by atoms with Gasteiger partial charge in [0, 0.05) is 0 Å². The van der Waals surface area contributed by atoms with E-state index in [4.69, 9.17) is 5.11 Å². The summed E-state index contributed by atoms with van der Waals surface area (Å²) in [5.41, 5.74) is 0.718. The summed E-state index contributed by atoms with van der Waals surface area (Å²) >= 11 is 0. The zero-order valence-corrected chi connectivity index (χ0v) is 8.84. The Labute approximate surface area is 96.8 Å². The van der Waals surface area contributed by atoms with Crippen molar-refractivity contribution in [1.29, 1.82) is 0 Å². The van der Waals surface area contributed by atoms with Gasteiger partial charge in [0.15, 0.2) is 0 Å². The van der Waals surface area contributed by atoms with Crippen LogP contribution in [0.25, 0.3) is 0 Å². The zero-order valence-electron chi connectivity index (χ0n) is 8.84. The van der Waals surface area contributed by atoms with Gasteiger partial charge in [-0.25, -0.2) is 0 Å². The van der Waals surface area contributed by atoms with Crippen molar-refractivity contribution in [2.45, 2.75) is 0 Å². The van der Waals surface area contributed by atoms with E-state index in [0.29, 0.717) is 11.3 Å². The number of amides is 2. The molecule has 2 N–H and O–H groups in total. The molecule has 0 atom stereocenters. The summed E-state index contributed by atoms with van der Waals surface area (Å²) in [7, 11) is 0. The van der Waals surface area contributed by atoms with Gasteiger partial charge >= 0.3 is 5.97 Å². The standard InChI is InChI=1S/C11H10N2O4/c14-9-5-13(6-10(15)16)11(17)7-3-1-2-4-8(7)12-9/h1-4H,5-6H2,(H,12,14)(H,15,16). The number of nitrogens with zero attached hydrogens (tertiary/aromatic N) is 1. The van der Waals surface area contributed by atoms with E-state index in [9.17, 15) is 14.4 Å². The van der Waals surface area contributed by atoms with E-state index in [1.165, 1.54) is 0 Å². The molecule has 1 aromatic carbocycles. The maximum absolute atomic E-state index is 12.0. The number of aliphatic carboxylic acids is 1. The minimum absolute atomic E-state index is 0.250. The number of carboxylic acid groups (broad SMARTS) is 1. The highest BCUT2D eigenvalue weighted by Gasteiger charge is 2.26. The Kier molecular flexibility index (Phi) is 2.78. The number of benzene rings is 1.